The topological polar surface area (TPSA) is 94.8 Å². The number of likely N-dealkylation sites (tertiary alicyclic amines) is 1. The number of methoxy groups -OCH3 is 1. The summed E-state index contributed by atoms with van der Waals surface area (Å²) in [6.07, 6.45) is 1.84. The Balaban J connectivity index is 0.00000194. The number of anilines is 1. The zero-order valence-corrected chi connectivity index (χ0v) is 26.1. The molecule has 0 radical (unpaired) electrons. The Hall–Kier alpha value is -2.77. The molecule has 1 amide bonds. The van der Waals surface area contributed by atoms with Crippen molar-refractivity contribution in [1.82, 2.24) is 24.6 Å². The zero-order valence-electron chi connectivity index (χ0n) is 24.1. The van der Waals surface area contributed by atoms with E-state index in [1.54, 1.807) is 18.0 Å². The summed E-state index contributed by atoms with van der Waals surface area (Å²) < 4.78 is 34.0. The van der Waals surface area contributed by atoms with Gasteiger partial charge in [0.15, 0.2) is 5.82 Å². The van der Waals surface area contributed by atoms with Crippen LogP contribution < -0.4 is 9.64 Å². The molecule has 1 aromatic carbocycles. The molecule has 5 heterocycles. The van der Waals surface area contributed by atoms with E-state index in [1.807, 2.05) is 45.9 Å². The van der Waals surface area contributed by atoms with E-state index >= 15 is 4.39 Å². The average molecular weight is 607 g/mol. The largest absolute Gasteiger partial charge is 0.467 e. The molecule has 224 valence electrons. The van der Waals surface area contributed by atoms with Gasteiger partial charge in [-0.1, -0.05) is 0 Å². The molecule has 10 nitrogen and oxygen atoms in total. The number of hydrogen-bond acceptors (Lipinski definition) is 8. The highest BCUT2D eigenvalue weighted by molar-refractivity contribution is 7.59. The Kier molecular flexibility index (Phi) is 9.01. The van der Waals surface area contributed by atoms with Crippen molar-refractivity contribution >= 4 is 49.8 Å². The van der Waals surface area contributed by atoms with Crippen LogP contribution in [-0.2, 0) is 9.47 Å². The van der Waals surface area contributed by atoms with Gasteiger partial charge in [0.2, 0.25) is 0 Å². The Bertz CT molecular complexity index is 1420. The molecule has 4 unspecified atom stereocenters. The van der Waals surface area contributed by atoms with Gasteiger partial charge in [-0.2, -0.15) is 42.1 Å². The van der Waals surface area contributed by atoms with Crippen molar-refractivity contribution in [3.63, 3.8) is 0 Å². The molecule has 13 heteroatoms. The summed E-state index contributed by atoms with van der Waals surface area (Å²) >= 11 is 0. The van der Waals surface area contributed by atoms with Crippen molar-refractivity contribution < 1.29 is 23.4 Å². The number of alkyl halides is 1. The highest BCUT2D eigenvalue weighted by atomic mass is 32.1. The number of amides is 1. The van der Waals surface area contributed by atoms with Crippen LogP contribution in [0.1, 0.15) is 50.7 Å². The lowest BCUT2D eigenvalue weighted by molar-refractivity contribution is 0.0111. The summed E-state index contributed by atoms with van der Waals surface area (Å²) in [5, 5.41) is 5.57. The first-order chi connectivity index (χ1) is 18.6. The molecule has 0 saturated carbocycles. The summed E-state index contributed by atoms with van der Waals surface area (Å²) in [5.41, 5.74) is 2.12. The van der Waals surface area contributed by atoms with Gasteiger partial charge >= 0.3 is 12.1 Å². The molecule has 0 N–H and O–H groups in total. The lowest BCUT2D eigenvalue weighted by Crippen LogP contribution is -2.46. The Labute approximate surface area is 253 Å². The maximum atomic E-state index is 15.6. The van der Waals surface area contributed by atoms with Crippen LogP contribution in [0.15, 0.2) is 24.4 Å². The summed E-state index contributed by atoms with van der Waals surface area (Å²) in [7, 11) is 1.55. The van der Waals surface area contributed by atoms with E-state index in [2.05, 4.69) is 20.0 Å². The Morgan fingerprint density at radius 2 is 1.88 bits per heavy atom. The van der Waals surface area contributed by atoms with Crippen LogP contribution in [-0.4, -0.2) is 88.0 Å². The first kappa shape index (κ1) is 31.2. The molecule has 3 saturated heterocycles. The number of nitrogens with zero attached hydrogens (tertiary/aromatic N) is 6. The number of aromatic nitrogens is 4. The Morgan fingerprint density at radius 1 is 1.12 bits per heavy atom. The number of aryl methyl sites for hydroxylation is 1. The number of benzene rings is 1. The van der Waals surface area contributed by atoms with Gasteiger partial charge in [-0.3, -0.25) is 0 Å². The molecule has 3 fully saturated rings. The summed E-state index contributed by atoms with van der Waals surface area (Å²) in [6, 6.07) is 6.53. The third-order valence-corrected chi connectivity index (χ3v) is 7.82. The third-order valence-electron chi connectivity index (χ3n) is 7.82. The first-order valence-electron chi connectivity index (χ1n) is 13.5. The second kappa shape index (κ2) is 11.8. The fraction of sp³-hybridized carbons (Fsp3) is 0.571. The lowest BCUT2D eigenvalue weighted by atomic mass is 9.85. The molecule has 6 rings (SSSR count). The summed E-state index contributed by atoms with van der Waals surface area (Å²) in [6.45, 7) is 9.35. The van der Waals surface area contributed by atoms with Crippen molar-refractivity contribution in [2.45, 2.75) is 70.4 Å². The number of rotatable bonds is 4. The van der Waals surface area contributed by atoms with Gasteiger partial charge in [-0.25, -0.2) is 13.9 Å². The van der Waals surface area contributed by atoms with Crippen LogP contribution in [0, 0.1) is 6.92 Å². The van der Waals surface area contributed by atoms with E-state index in [-0.39, 0.29) is 51.6 Å². The highest BCUT2D eigenvalue weighted by Crippen LogP contribution is 2.37. The second-order valence-electron chi connectivity index (χ2n) is 11.7. The standard InChI is InChI=1S/C28H35FN6O4.2H2S/c1-16-8-17-12-30-35(25-11-24(31-26(32-25)37-5)34-13-19-9-18(34)15-38-19)23(17)10-21(16)20-6-7-33(14-22(20)29)27(36)39-28(2,3)4;;/h8,10-12,18-20,22H,6-7,9,13-15H2,1-5H3;2*1H2. The molecule has 2 bridgehead atoms. The van der Waals surface area contributed by atoms with Crippen molar-refractivity contribution in [3.05, 3.63) is 35.5 Å². The van der Waals surface area contributed by atoms with E-state index in [9.17, 15) is 4.79 Å². The molecule has 0 spiro atoms. The van der Waals surface area contributed by atoms with E-state index < -0.39 is 17.9 Å². The molecular weight excluding hydrogens is 567 g/mol. The highest BCUT2D eigenvalue weighted by Gasteiger charge is 2.40. The fourth-order valence-electron chi connectivity index (χ4n) is 5.96. The number of hydrogen-bond donors (Lipinski definition) is 0. The van der Waals surface area contributed by atoms with Gasteiger partial charge in [0, 0.05) is 30.5 Å². The molecule has 41 heavy (non-hydrogen) atoms. The average Bonchev–Trinajstić information content (AvgIpc) is 3.63. The summed E-state index contributed by atoms with van der Waals surface area (Å²) in [5.74, 6) is 1.02. The van der Waals surface area contributed by atoms with Gasteiger partial charge in [-0.05, 0) is 63.8 Å². The second-order valence-corrected chi connectivity index (χ2v) is 11.7. The number of ether oxygens (including phenoxy) is 3. The predicted octanol–water partition coefficient (Wildman–Crippen LogP) is 4.40. The maximum Gasteiger partial charge on any atom is 0.410 e. The SMILES string of the molecule is COc1nc(N2CC3CC2CO3)cc(-n2ncc3cc(C)c(C4CCN(C(=O)OC(C)(C)C)CC4F)cc32)n1.S.S. The predicted molar refractivity (Wildman–Crippen MR) is 164 cm³/mol. The number of halogens is 1. The first-order valence-corrected chi connectivity index (χ1v) is 13.5. The molecular formula is C28H39FN6O4S2. The Morgan fingerprint density at radius 3 is 2.51 bits per heavy atom. The van der Waals surface area contributed by atoms with E-state index in [4.69, 9.17) is 14.2 Å². The smallest absolute Gasteiger partial charge is 0.410 e. The number of carbonyl (C=O) groups is 1. The van der Waals surface area contributed by atoms with Crippen LogP contribution in [0.3, 0.4) is 0 Å². The van der Waals surface area contributed by atoms with E-state index in [0.29, 0.717) is 31.4 Å². The van der Waals surface area contributed by atoms with Gasteiger partial charge in [0.05, 0.1) is 44.1 Å². The summed E-state index contributed by atoms with van der Waals surface area (Å²) in [4.78, 5) is 25.4. The van der Waals surface area contributed by atoms with Crippen molar-refractivity contribution in [3.8, 4) is 11.8 Å². The van der Waals surface area contributed by atoms with Gasteiger partial charge < -0.3 is 24.0 Å². The molecule has 3 aliphatic heterocycles. The van der Waals surface area contributed by atoms with Crippen molar-refractivity contribution in [2.24, 2.45) is 0 Å². The molecule has 2 aromatic heterocycles. The van der Waals surface area contributed by atoms with E-state index in [0.717, 1.165) is 40.8 Å². The number of piperidine rings is 1. The van der Waals surface area contributed by atoms with Crippen LogP contribution in [0.2, 0.25) is 0 Å². The number of morpholine rings is 1. The fourth-order valence-corrected chi connectivity index (χ4v) is 5.96. The maximum absolute atomic E-state index is 15.6. The molecule has 0 aliphatic carbocycles. The quantitative estimate of drug-likeness (QED) is 0.432. The van der Waals surface area contributed by atoms with Crippen molar-refractivity contribution in [1.29, 1.82) is 0 Å². The van der Waals surface area contributed by atoms with Crippen LogP contribution in [0.4, 0.5) is 15.0 Å². The minimum absolute atomic E-state index is 0. The minimum Gasteiger partial charge on any atom is -0.467 e. The van der Waals surface area contributed by atoms with Gasteiger partial charge in [0.25, 0.3) is 0 Å². The molecule has 3 aliphatic rings. The molecule has 3 aromatic rings. The van der Waals surface area contributed by atoms with Gasteiger partial charge in [0.1, 0.15) is 17.6 Å². The van der Waals surface area contributed by atoms with E-state index in [1.165, 1.54) is 4.90 Å². The number of fused-ring (bicyclic) bond motifs is 3. The number of carbonyl (C=O) groups excluding carboxylic acids is 1. The van der Waals surface area contributed by atoms with Crippen LogP contribution in [0.5, 0.6) is 6.01 Å². The van der Waals surface area contributed by atoms with Gasteiger partial charge in [-0.15, -0.1) is 0 Å². The lowest BCUT2D eigenvalue weighted by Gasteiger charge is -2.36. The third kappa shape index (κ3) is 6.07. The van der Waals surface area contributed by atoms with Crippen LogP contribution >= 0.6 is 27.0 Å². The molecule has 4 atom stereocenters. The monoisotopic (exact) mass is 606 g/mol. The van der Waals surface area contributed by atoms with Crippen molar-refractivity contribution in [2.75, 3.05) is 38.3 Å². The zero-order chi connectivity index (χ0) is 27.5. The van der Waals surface area contributed by atoms with Crippen LogP contribution in [0.25, 0.3) is 16.7 Å². The normalized spacial score (nSPS) is 23.8. The minimum atomic E-state index is -1.21.